The quantitative estimate of drug-likeness (QED) is 0.871. The van der Waals surface area contributed by atoms with Gasteiger partial charge in [-0.3, -0.25) is 4.79 Å². The third-order valence-electron chi connectivity index (χ3n) is 3.67. The molecule has 0 unspecified atom stereocenters. The number of amides is 1. The van der Waals surface area contributed by atoms with E-state index in [0.29, 0.717) is 12.5 Å². The highest BCUT2D eigenvalue weighted by Gasteiger charge is 2.26. The molecule has 4 nitrogen and oxygen atoms in total. The summed E-state index contributed by atoms with van der Waals surface area (Å²) < 4.78 is 2.00. The van der Waals surface area contributed by atoms with Crippen molar-refractivity contribution in [3.05, 3.63) is 47.5 Å². The fourth-order valence-electron chi connectivity index (χ4n) is 2.43. The van der Waals surface area contributed by atoms with Gasteiger partial charge in [0.2, 0.25) is 0 Å². The van der Waals surface area contributed by atoms with Crippen molar-refractivity contribution in [2.24, 2.45) is 0 Å². The Bertz CT molecular complexity index is 640. The van der Waals surface area contributed by atoms with Gasteiger partial charge in [-0.2, -0.15) is 0 Å². The molecule has 0 radical (unpaired) electrons. The Kier molecular flexibility index (Phi) is 1.89. The maximum atomic E-state index is 11.6. The van der Waals surface area contributed by atoms with Crippen LogP contribution in [0.3, 0.4) is 0 Å². The minimum Gasteiger partial charge on any atom is -0.348 e. The lowest BCUT2D eigenvalue weighted by Gasteiger charge is -2.03. The Morgan fingerprint density at radius 3 is 3.06 bits per heavy atom. The van der Waals surface area contributed by atoms with Gasteiger partial charge in [-0.15, -0.1) is 0 Å². The Morgan fingerprint density at radius 1 is 1.33 bits per heavy atom. The molecule has 18 heavy (non-hydrogen) atoms. The average Bonchev–Trinajstić information content (AvgIpc) is 3.01. The van der Waals surface area contributed by atoms with Gasteiger partial charge in [-0.1, -0.05) is 6.07 Å². The first-order chi connectivity index (χ1) is 8.81. The van der Waals surface area contributed by atoms with Crippen molar-refractivity contribution >= 4 is 5.91 Å². The first kappa shape index (κ1) is 9.88. The van der Waals surface area contributed by atoms with E-state index in [1.807, 2.05) is 29.1 Å². The molecule has 0 saturated heterocycles. The summed E-state index contributed by atoms with van der Waals surface area (Å²) in [6, 6.07) is 5.99. The van der Waals surface area contributed by atoms with Crippen LogP contribution < -0.4 is 5.32 Å². The highest BCUT2D eigenvalue weighted by molar-refractivity contribution is 5.98. The number of hydrogen-bond acceptors (Lipinski definition) is 2. The van der Waals surface area contributed by atoms with Crippen molar-refractivity contribution in [2.45, 2.75) is 25.3 Å². The molecular formula is C14H13N3O. The van der Waals surface area contributed by atoms with Crippen LogP contribution in [0.15, 0.2) is 30.7 Å². The molecule has 2 aliphatic rings. The molecule has 1 amide bonds. The predicted molar refractivity (Wildman–Crippen MR) is 66.7 cm³/mol. The Morgan fingerprint density at radius 2 is 2.22 bits per heavy atom. The van der Waals surface area contributed by atoms with Crippen LogP contribution in [0, 0.1) is 0 Å². The first-order valence-corrected chi connectivity index (χ1v) is 6.26. The molecule has 1 N–H and O–H groups in total. The summed E-state index contributed by atoms with van der Waals surface area (Å²) in [6.07, 6.45) is 6.42. The van der Waals surface area contributed by atoms with Crippen molar-refractivity contribution in [3.8, 4) is 5.69 Å². The lowest BCUT2D eigenvalue weighted by atomic mass is 10.1. The Labute approximate surface area is 105 Å². The smallest absolute Gasteiger partial charge is 0.251 e. The zero-order valence-corrected chi connectivity index (χ0v) is 9.89. The molecule has 0 atom stereocenters. The van der Waals surface area contributed by atoms with Crippen LogP contribution in [-0.2, 0) is 6.54 Å². The monoisotopic (exact) mass is 239 g/mol. The van der Waals surface area contributed by atoms with Crippen LogP contribution >= 0.6 is 0 Å². The second-order valence-corrected chi connectivity index (χ2v) is 5.00. The lowest BCUT2D eigenvalue weighted by molar-refractivity contribution is 0.0965. The van der Waals surface area contributed by atoms with Crippen molar-refractivity contribution in [2.75, 3.05) is 0 Å². The number of benzene rings is 1. The summed E-state index contributed by atoms with van der Waals surface area (Å²) in [6.45, 7) is 0.645. The third kappa shape index (κ3) is 1.45. The van der Waals surface area contributed by atoms with Crippen LogP contribution in [0.2, 0.25) is 0 Å². The number of fused-ring (bicyclic) bond motifs is 1. The minimum absolute atomic E-state index is 0.0226. The van der Waals surface area contributed by atoms with Crippen LogP contribution in [-0.4, -0.2) is 15.5 Å². The van der Waals surface area contributed by atoms with Crippen LogP contribution in [0.4, 0.5) is 0 Å². The minimum atomic E-state index is 0.0226. The SMILES string of the molecule is O=C1NCc2ccc(-n3cnc(C4CC4)c3)cc21. The van der Waals surface area contributed by atoms with Crippen LogP contribution in [0.5, 0.6) is 0 Å². The second kappa shape index (κ2) is 3.45. The van der Waals surface area contributed by atoms with E-state index in [4.69, 9.17) is 0 Å². The molecule has 1 fully saturated rings. The molecule has 1 saturated carbocycles. The van der Waals surface area contributed by atoms with E-state index in [0.717, 1.165) is 16.8 Å². The van der Waals surface area contributed by atoms with E-state index in [1.54, 1.807) is 0 Å². The zero-order valence-electron chi connectivity index (χ0n) is 9.89. The normalized spacial score (nSPS) is 17.7. The molecule has 2 aromatic rings. The number of nitrogens with zero attached hydrogens (tertiary/aromatic N) is 2. The molecule has 4 heteroatoms. The van der Waals surface area contributed by atoms with Crippen molar-refractivity contribution < 1.29 is 4.79 Å². The summed E-state index contributed by atoms with van der Waals surface area (Å²) in [5, 5.41) is 2.83. The molecule has 0 bridgehead atoms. The number of hydrogen-bond donors (Lipinski definition) is 1. The number of nitrogens with one attached hydrogen (secondary N) is 1. The van der Waals surface area contributed by atoms with Crippen molar-refractivity contribution in [1.82, 2.24) is 14.9 Å². The van der Waals surface area contributed by atoms with Gasteiger partial charge >= 0.3 is 0 Å². The molecule has 1 aromatic heterocycles. The summed E-state index contributed by atoms with van der Waals surface area (Å²) in [7, 11) is 0. The summed E-state index contributed by atoms with van der Waals surface area (Å²) in [5.41, 5.74) is 4.03. The second-order valence-electron chi connectivity index (χ2n) is 5.00. The molecule has 2 heterocycles. The van der Waals surface area contributed by atoms with Crippen molar-refractivity contribution in [1.29, 1.82) is 0 Å². The van der Waals surface area contributed by atoms with E-state index in [-0.39, 0.29) is 5.91 Å². The molecule has 1 aliphatic carbocycles. The summed E-state index contributed by atoms with van der Waals surface area (Å²) >= 11 is 0. The number of carbonyl (C=O) groups excluding carboxylic acids is 1. The highest BCUT2D eigenvalue weighted by atomic mass is 16.1. The van der Waals surface area contributed by atoms with Gasteiger partial charge in [0.1, 0.15) is 0 Å². The molecular weight excluding hydrogens is 226 g/mol. The fraction of sp³-hybridized carbons (Fsp3) is 0.286. The third-order valence-corrected chi connectivity index (χ3v) is 3.67. The van der Waals surface area contributed by atoms with E-state index in [1.165, 1.54) is 18.5 Å². The fourth-order valence-corrected chi connectivity index (χ4v) is 2.43. The Hall–Kier alpha value is -2.10. The largest absolute Gasteiger partial charge is 0.348 e. The van der Waals surface area contributed by atoms with E-state index >= 15 is 0 Å². The molecule has 1 aliphatic heterocycles. The number of carbonyl (C=O) groups is 1. The molecule has 90 valence electrons. The van der Waals surface area contributed by atoms with Gasteiger partial charge in [-0.25, -0.2) is 4.98 Å². The van der Waals surface area contributed by atoms with E-state index < -0.39 is 0 Å². The molecule has 4 rings (SSSR count). The van der Waals surface area contributed by atoms with Crippen LogP contribution in [0.1, 0.15) is 40.4 Å². The van der Waals surface area contributed by atoms with Crippen molar-refractivity contribution in [3.63, 3.8) is 0 Å². The van der Waals surface area contributed by atoms with E-state index in [9.17, 15) is 4.79 Å². The van der Waals surface area contributed by atoms with Gasteiger partial charge in [-0.05, 0) is 30.5 Å². The predicted octanol–water partition coefficient (Wildman–Crippen LogP) is 1.99. The topological polar surface area (TPSA) is 46.9 Å². The maximum Gasteiger partial charge on any atom is 0.251 e. The van der Waals surface area contributed by atoms with Gasteiger partial charge in [0.25, 0.3) is 5.91 Å². The number of rotatable bonds is 2. The Balaban J connectivity index is 1.75. The van der Waals surface area contributed by atoms with Crippen LogP contribution in [0.25, 0.3) is 5.69 Å². The van der Waals surface area contributed by atoms with Gasteiger partial charge < -0.3 is 9.88 Å². The number of aromatic nitrogens is 2. The van der Waals surface area contributed by atoms with Gasteiger partial charge in [0, 0.05) is 29.9 Å². The molecule has 0 spiro atoms. The summed E-state index contributed by atoms with van der Waals surface area (Å²) in [5.74, 6) is 0.679. The lowest BCUT2D eigenvalue weighted by Crippen LogP contribution is -2.12. The van der Waals surface area contributed by atoms with E-state index in [2.05, 4.69) is 16.5 Å². The van der Waals surface area contributed by atoms with Gasteiger partial charge in [0.05, 0.1) is 12.0 Å². The average molecular weight is 239 g/mol. The first-order valence-electron chi connectivity index (χ1n) is 6.26. The summed E-state index contributed by atoms with van der Waals surface area (Å²) in [4.78, 5) is 16.1. The maximum absolute atomic E-state index is 11.6. The standard InChI is InChI=1S/C14H13N3O/c18-14-12-5-11(4-3-10(12)6-15-14)17-7-13(16-8-17)9-1-2-9/h3-5,7-9H,1-2,6H2,(H,15,18). The highest BCUT2D eigenvalue weighted by Crippen LogP contribution is 2.39. The van der Waals surface area contributed by atoms with Gasteiger partial charge in [0.15, 0.2) is 0 Å². The number of imidazole rings is 1. The molecule has 1 aromatic carbocycles. The zero-order chi connectivity index (χ0) is 12.1.